The van der Waals surface area contributed by atoms with Crippen LogP contribution in [0.2, 0.25) is 0 Å². The third-order valence-corrected chi connectivity index (χ3v) is 3.15. The molecule has 0 aliphatic carbocycles. The third-order valence-electron chi connectivity index (χ3n) is 3.15. The van der Waals surface area contributed by atoms with Crippen molar-refractivity contribution >= 4 is 16.6 Å². The van der Waals surface area contributed by atoms with Gasteiger partial charge in [-0.05, 0) is 37.1 Å². The summed E-state index contributed by atoms with van der Waals surface area (Å²) in [6.07, 6.45) is 4.35. The van der Waals surface area contributed by atoms with E-state index in [1.54, 1.807) is 12.1 Å². The van der Waals surface area contributed by atoms with Crippen LogP contribution in [0.1, 0.15) is 12.8 Å². The van der Waals surface area contributed by atoms with E-state index in [1.807, 2.05) is 18.3 Å². The van der Waals surface area contributed by atoms with E-state index in [0.717, 1.165) is 24.0 Å². The van der Waals surface area contributed by atoms with Crippen LogP contribution in [0.25, 0.3) is 10.9 Å². The third kappa shape index (κ3) is 1.48. The predicted octanol–water partition coefficient (Wildman–Crippen LogP) is 2.54. The van der Waals surface area contributed by atoms with Crippen LogP contribution in [0.3, 0.4) is 0 Å². The molecule has 82 valence electrons. The lowest BCUT2D eigenvalue weighted by atomic mass is 10.1. The van der Waals surface area contributed by atoms with Gasteiger partial charge in [0.2, 0.25) is 0 Å². The fourth-order valence-corrected chi connectivity index (χ4v) is 2.35. The van der Waals surface area contributed by atoms with Gasteiger partial charge in [-0.2, -0.15) is 0 Å². The maximum atomic E-state index is 9.55. The Hall–Kier alpha value is -1.77. The summed E-state index contributed by atoms with van der Waals surface area (Å²) >= 11 is 0. The SMILES string of the molecule is Oc1ccc2nccc(N3CCCC3)c2c1. The number of fused-ring (bicyclic) bond motifs is 1. The van der Waals surface area contributed by atoms with Crippen LogP contribution in [-0.2, 0) is 0 Å². The Morgan fingerprint density at radius 1 is 1.12 bits per heavy atom. The molecule has 1 N–H and O–H groups in total. The highest BCUT2D eigenvalue weighted by molar-refractivity contribution is 5.92. The van der Waals surface area contributed by atoms with Crippen molar-refractivity contribution < 1.29 is 5.11 Å². The van der Waals surface area contributed by atoms with E-state index in [0.29, 0.717) is 5.75 Å². The zero-order valence-corrected chi connectivity index (χ0v) is 9.06. The van der Waals surface area contributed by atoms with Crippen LogP contribution in [0.15, 0.2) is 30.5 Å². The van der Waals surface area contributed by atoms with E-state index < -0.39 is 0 Å². The number of aromatic nitrogens is 1. The number of hydrogen-bond donors (Lipinski definition) is 1. The molecule has 0 unspecified atom stereocenters. The molecule has 3 rings (SSSR count). The molecule has 16 heavy (non-hydrogen) atoms. The molecule has 1 fully saturated rings. The largest absolute Gasteiger partial charge is 0.508 e. The fourth-order valence-electron chi connectivity index (χ4n) is 2.35. The predicted molar refractivity (Wildman–Crippen MR) is 64.9 cm³/mol. The summed E-state index contributed by atoms with van der Waals surface area (Å²) in [7, 11) is 0. The lowest BCUT2D eigenvalue weighted by molar-refractivity contribution is 0.476. The molecule has 0 spiro atoms. The second kappa shape index (κ2) is 3.67. The lowest BCUT2D eigenvalue weighted by Crippen LogP contribution is -2.17. The van der Waals surface area contributed by atoms with E-state index in [2.05, 4.69) is 9.88 Å². The Kier molecular flexibility index (Phi) is 2.17. The van der Waals surface area contributed by atoms with Gasteiger partial charge in [-0.1, -0.05) is 0 Å². The topological polar surface area (TPSA) is 36.4 Å². The Morgan fingerprint density at radius 3 is 2.75 bits per heavy atom. The van der Waals surface area contributed by atoms with Gasteiger partial charge in [-0.3, -0.25) is 4.98 Å². The quantitative estimate of drug-likeness (QED) is 0.792. The number of hydrogen-bond acceptors (Lipinski definition) is 3. The van der Waals surface area contributed by atoms with Gasteiger partial charge in [0.1, 0.15) is 5.75 Å². The molecular formula is C13H14N2O. The molecule has 3 heteroatoms. The molecule has 0 amide bonds. The van der Waals surface area contributed by atoms with Gasteiger partial charge in [0, 0.05) is 30.4 Å². The van der Waals surface area contributed by atoms with Crippen molar-refractivity contribution in [2.24, 2.45) is 0 Å². The van der Waals surface area contributed by atoms with Crippen LogP contribution in [-0.4, -0.2) is 23.2 Å². The normalized spacial score (nSPS) is 15.9. The highest BCUT2D eigenvalue weighted by atomic mass is 16.3. The van der Waals surface area contributed by atoms with Crippen molar-refractivity contribution in [1.29, 1.82) is 0 Å². The number of aromatic hydroxyl groups is 1. The van der Waals surface area contributed by atoms with Crippen LogP contribution >= 0.6 is 0 Å². The first kappa shape index (κ1) is 9.46. The molecule has 1 saturated heterocycles. The van der Waals surface area contributed by atoms with Gasteiger partial charge in [-0.25, -0.2) is 0 Å². The molecule has 1 aromatic heterocycles. The first-order valence-corrected chi connectivity index (χ1v) is 5.67. The second-order valence-electron chi connectivity index (χ2n) is 4.23. The summed E-state index contributed by atoms with van der Waals surface area (Å²) in [6, 6.07) is 7.39. The Balaban J connectivity index is 2.18. The molecule has 2 heterocycles. The first-order chi connectivity index (χ1) is 7.84. The Bertz CT molecular complexity index is 518. The van der Waals surface area contributed by atoms with E-state index in [-0.39, 0.29) is 0 Å². The fraction of sp³-hybridized carbons (Fsp3) is 0.308. The van der Waals surface area contributed by atoms with Gasteiger partial charge in [0.15, 0.2) is 0 Å². The molecular weight excluding hydrogens is 200 g/mol. The smallest absolute Gasteiger partial charge is 0.116 e. The summed E-state index contributed by atoms with van der Waals surface area (Å²) in [5, 5.41) is 10.6. The van der Waals surface area contributed by atoms with E-state index in [9.17, 15) is 5.11 Å². The average Bonchev–Trinajstić information content (AvgIpc) is 2.81. The van der Waals surface area contributed by atoms with Crippen molar-refractivity contribution in [3.05, 3.63) is 30.5 Å². The van der Waals surface area contributed by atoms with E-state index in [4.69, 9.17) is 0 Å². The molecule has 2 aromatic rings. The summed E-state index contributed by atoms with van der Waals surface area (Å²) in [6.45, 7) is 2.21. The van der Waals surface area contributed by atoms with Crippen LogP contribution in [0.4, 0.5) is 5.69 Å². The number of phenolic OH excluding ortho intramolecular Hbond substituents is 1. The number of nitrogens with zero attached hydrogens (tertiary/aromatic N) is 2. The molecule has 3 nitrogen and oxygen atoms in total. The summed E-state index contributed by atoms with van der Waals surface area (Å²) < 4.78 is 0. The number of benzene rings is 1. The zero-order chi connectivity index (χ0) is 11.0. The van der Waals surface area contributed by atoms with Gasteiger partial charge in [0.05, 0.1) is 5.52 Å². The number of pyridine rings is 1. The average molecular weight is 214 g/mol. The molecule has 1 aliphatic rings. The summed E-state index contributed by atoms with van der Waals surface area (Å²) in [5.41, 5.74) is 2.14. The zero-order valence-electron chi connectivity index (χ0n) is 9.06. The first-order valence-electron chi connectivity index (χ1n) is 5.67. The monoisotopic (exact) mass is 214 g/mol. The number of anilines is 1. The van der Waals surface area contributed by atoms with Crippen molar-refractivity contribution in [3.8, 4) is 5.75 Å². The van der Waals surface area contributed by atoms with Crippen molar-refractivity contribution in [1.82, 2.24) is 4.98 Å². The van der Waals surface area contributed by atoms with Crippen LogP contribution in [0, 0.1) is 0 Å². The number of rotatable bonds is 1. The van der Waals surface area contributed by atoms with Crippen molar-refractivity contribution in [2.75, 3.05) is 18.0 Å². The van der Waals surface area contributed by atoms with Crippen LogP contribution in [0.5, 0.6) is 5.75 Å². The minimum atomic E-state index is 0.306. The van der Waals surface area contributed by atoms with Crippen molar-refractivity contribution in [3.63, 3.8) is 0 Å². The highest BCUT2D eigenvalue weighted by Gasteiger charge is 2.15. The second-order valence-corrected chi connectivity index (χ2v) is 4.23. The molecule has 1 aliphatic heterocycles. The van der Waals surface area contributed by atoms with Crippen molar-refractivity contribution in [2.45, 2.75) is 12.8 Å². The van der Waals surface area contributed by atoms with Gasteiger partial charge in [-0.15, -0.1) is 0 Å². The summed E-state index contributed by atoms with van der Waals surface area (Å²) in [4.78, 5) is 6.68. The maximum Gasteiger partial charge on any atom is 0.116 e. The van der Waals surface area contributed by atoms with Gasteiger partial charge in [0.25, 0.3) is 0 Å². The maximum absolute atomic E-state index is 9.55. The molecule has 0 bridgehead atoms. The molecule has 0 radical (unpaired) electrons. The molecule has 0 saturated carbocycles. The van der Waals surface area contributed by atoms with Crippen LogP contribution < -0.4 is 4.90 Å². The standard InChI is InChI=1S/C13H14N2O/c16-10-3-4-12-11(9-10)13(5-6-14-12)15-7-1-2-8-15/h3-6,9,16H,1-2,7-8H2. The minimum absolute atomic E-state index is 0.306. The van der Waals surface area contributed by atoms with Gasteiger partial charge < -0.3 is 10.0 Å². The Labute approximate surface area is 94.3 Å². The summed E-state index contributed by atoms with van der Waals surface area (Å²) in [5.74, 6) is 0.306. The highest BCUT2D eigenvalue weighted by Crippen LogP contribution is 2.30. The minimum Gasteiger partial charge on any atom is -0.508 e. The van der Waals surface area contributed by atoms with E-state index in [1.165, 1.54) is 18.5 Å². The van der Waals surface area contributed by atoms with Gasteiger partial charge >= 0.3 is 0 Å². The number of phenols is 1. The molecule has 1 aromatic carbocycles. The molecule has 0 atom stereocenters. The Morgan fingerprint density at radius 2 is 1.94 bits per heavy atom. The lowest BCUT2D eigenvalue weighted by Gasteiger charge is -2.19. The van der Waals surface area contributed by atoms with E-state index >= 15 is 0 Å².